The van der Waals surface area contributed by atoms with Gasteiger partial charge in [-0.2, -0.15) is 0 Å². The maximum Gasteiger partial charge on any atom is 0.311 e. The van der Waals surface area contributed by atoms with Crippen molar-refractivity contribution in [2.45, 2.75) is 176 Å². The number of carbonyl (C=O) groups excluding carboxylic acids is 1. The third-order valence-electron chi connectivity index (χ3n) is 9.14. The Balaban J connectivity index is 2.53. The summed E-state index contributed by atoms with van der Waals surface area (Å²) in [5.41, 5.74) is 6.02. The first-order valence-electron chi connectivity index (χ1n) is 16.8. The van der Waals surface area contributed by atoms with Gasteiger partial charge in [0.05, 0.1) is 5.41 Å². The maximum atomic E-state index is 13.3. The van der Waals surface area contributed by atoms with Crippen LogP contribution in [0.4, 0.5) is 0 Å². The SMILES string of the molecule is CCCCCCCCCC(C)(CCCCCCCCC)C(=O)OCC(O)CNC1CC(C)(C)CC(C)(CN)C1. The summed E-state index contributed by atoms with van der Waals surface area (Å²) in [7, 11) is 0. The average Bonchev–Trinajstić information content (AvgIpc) is 2.88. The molecule has 5 heteroatoms. The second-order valence-corrected chi connectivity index (χ2v) is 14.4. The number of rotatable bonds is 23. The Morgan fingerprint density at radius 2 is 1.38 bits per heavy atom. The Bertz CT molecular complexity index is 620. The van der Waals surface area contributed by atoms with E-state index in [2.05, 4.69) is 46.9 Å². The number of nitrogens with one attached hydrogen (secondary N) is 1. The van der Waals surface area contributed by atoms with Crippen LogP contribution in [0.25, 0.3) is 0 Å². The lowest BCUT2D eigenvalue weighted by Gasteiger charge is -2.46. The van der Waals surface area contributed by atoms with Crippen LogP contribution < -0.4 is 11.1 Å². The van der Waals surface area contributed by atoms with E-state index in [4.69, 9.17) is 10.5 Å². The van der Waals surface area contributed by atoms with Crippen molar-refractivity contribution in [3.8, 4) is 0 Å². The van der Waals surface area contributed by atoms with Crippen LogP contribution >= 0.6 is 0 Å². The molecule has 0 heterocycles. The molecule has 0 aromatic heterocycles. The fraction of sp³-hybridized carbons (Fsp3) is 0.971. The van der Waals surface area contributed by atoms with E-state index in [0.717, 1.165) is 44.9 Å². The number of aliphatic hydroxyl groups excluding tert-OH is 1. The van der Waals surface area contributed by atoms with Gasteiger partial charge in [0.15, 0.2) is 0 Å². The minimum Gasteiger partial charge on any atom is -0.462 e. The van der Waals surface area contributed by atoms with Gasteiger partial charge in [-0.1, -0.05) is 125 Å². The molecule has 39 heavy (non-hydrogen) atoms. The predicted molar refractivity (Wildman–Crippen MR) is 167 cm³/mol. The van der Waals surface area contributed by atoms with Gasteiger partial charge in [-0.15, -0.1) is 0 Å². The van der Waals surface area contributed by atoms with Crippen molar-refractivity contribution < 1.29 is 14.6 Å². The van der Waals surface area contributed by atoms with Crippen molar-refractivity contribution in [1.29, 1.82) is 0 Å². The third kappa shape index (κ3) is 15.8. The first-order chi connectivity index (χ1) is 18.5. The highest BCUT2D eigenvalue weighted by Crippen LogP contribution is 2.45. The molecular weight excluding hydrogens is 484 g/mol. The van der Waals surface area contributed by atoms with Crippen LogP contribution in [0.2, 0.25) is 0 Å². The van der Waals surface area contributed by atoms with E-state index < -0.39 is 11.5 Å². The zero-order valence-corrected chi connectivity index (χ0v) is 27.1. The maximum absolute atomic E-state index is 13.3. The standard InChI is InChI=1S/C34H68N2O3/c1-7-9-11-13-15-17-19-21-34(6,22-20-18-16-14-12-10-8-2)31(38)39-26-30(37)25-36-29-23-32(3,4)27-33(5,24-29)28-35/h29-30,36-37H,7-28,35H2,1-6H3. The minimum absolute atomic E-state index is 0.0692. The second-order valence-electron chi connectivity index (χ2n) is 14.4. The molecule has 1 aliphatic rings. The molecule has 232 valence electrons. The fourth-order valence-electron chi connectivity index (χ4n) is 6.91. The van der Waals surface area contributed by atoms with E-state index in [1.807, 2.05) is 0 Å². The molecule has 0 amide bonds. The zero-order valence-electron chi connectivity index (χ0n) is 27.1. The average molecular weight is 553 g/mol. The highest BCUT2D eigenvalue weighted by atomic mass is 16.5. The summed E-state index contributed by atoms with van der Waals surface area (Å²) in [6.45, 7) is 14.7. The van der Waals surface area contributed by atoms with Gasteiger partial charge >= 0.3 is 5.97 Å². The lowest BCUT2D eigenvalue weighted by molar-refractivity contribution is -0.159. The van der Waals surface area contributed by atoms with Crippen LogP contribution in [0, 0.1) is 16.2 Å². The molecule has 0 aromatic rings. The van der Waals surface area contributed by atoms with E-state index in [9.17, 15) is 9.90 Å². The molecule has 1 rings (SSSR count). The molecule has 0 aromatic carbocycles. The van der Waals surface area contributed by atoms with E-state index in [-0.39, 0.29) is 23.4 Å². The van der Waals surface area contributed by atoms with Crippen molar-refractivity contribution >= 4 is 5.97 Å². The monoisotopic (exact) mass is 553 g/mol. The molecule has 3 atom stereocenters. The number of carbonyl (C=O) groups is 1. The highest BCUT2D eigenvalue weighted by Gasteiger charge is 2.40. The van der Waals surface area contributed by atoms with Gasteiger partial charge in [0.2, 0.25) is 0 Å². The Kier molecular flexibility index (Phi) is 18.2. The summed E-state index contributed by atoms with van der Waals surface area (Å²) in [5, 5.41) is 14.2. The molecule has 1 fully saturated rings. The Morgan fingerprint density at radius 3 is 1.87 bits per heavy atom. The summed E-state index contributed by atoms with van der Waals surface area (Å²) in [5.74, 6) is -0.118. The van der Waals surface area contributed by atoms with Crippen LogP contribution in [0.15, 0.2) is 0 Å². The number of ether oxygens (including phenoxy) is 1. The second kappa shape index (κ2) is 19.5. The molecule has 0 spiro atoms. The van der Waals surface area contributed by atoms with Crippen molar-refractivity contribution in [3.63, 3.8) is 0 Å². The van der Waals surface area contributed by atoms with Gasteiger partial charge in [-0.25, -0.2) is 0 Å². The fourth-order valence-corrected chi connectivity index (χ4v) is 6.91. The zero-order chi connectivity index (χ0) is 29.2. The van der Waals surface area contributed by atoms with Gasteiger partial charge in [-0.3, -0.25) is 4.79 Å². The van der Waals surface area contributed by atoms with Crippen molar-refractivity contribution in [3.05, 3.63) is 0 Å². The molecule has 0 saturated heterocycles. The Hall–Kier alpha value is -0.650. The van der Waals surface area contributed by atoms with E-state index in [0.29, 0.717) is 19.1 Å². The summed E-state index contributed by atoms with van der Waals surface area (Å²) >= 11 is 0. The molecule has 0 radical (unpaired) electrons. The molecule has 1 aliphatic carbocycles. The van der Waals surface area contributed by atoms with E-state index >= 15 is 0 Å². The first kappa shape index (κ1) is 36.4. The lowest BCUT2D eigenvalue weighted by atomic mass is 9.62. The molecule has 5 nitrogen and oxygen atoms in total. The molecule has 0 bridgehead atoms. The summed E-state index contributed by atoms with van der Waals surface area (Å²) in [6, 6.07) is 0.326. The van der Waals surface area contributed by atoms with Crippen LogP contribution in [0.3, 0.4) is 0 Å². The minimum atomic E-state index is -0.690. The van der Waals surface area contributed by atoms with Crippen LogP contribution in [0.5, 0.6) is 0 Å². The number of esters is 1. The normalized spacial score (nSPS) is 22.1. The quantitative estimate of drug-likeness (QED) is 0.0876. The van der Waals surface area contributed by atoms with Gasteiger partial charge in [0, 0.05) is 12.6 Å². The molecular formula is C34H68N2O3. The predicted octanol–water partition coefficient (Wildman–Crippen LogP) is 8.31. The topological polar surface area (TPSA) is 84.6 Å². The van der Waals surface area contributed by atoms with Crippen LogP contribution in [-0.4, -0.2) is 42.9 Å². The Labute approximate surface area is 243 Å². The summed E-state index contributed by atoms with van der Waals surface area (Å²) < 4.78 is 5.78. The van der Waals surface area contributed by atoms with E-state index in [1.165, 1.54) is 77.0 Å². The van der Waals surface area contributed by atoms with Gasteiger partial charge in [0.1, 0.15) is 12.7 Å². The first-order valence-corrected chi connectivity index (χ1v) is 16.8. The molecule has 1 saturated carbocycles. The van der Waals surface area contributed by atoms with Gasteiger partial charge in [-0.05, 0) is 56.4 Å². The van der Waals surface area contributed by atoms with E-state index in [1.54, 1.807) is 0 Å². The van der Waals surface area contributed by atoms with Crippen molar-refractivity contribution in [1.82, 2.24) is 5.32 Å². The Morgan fingerprint density at radius 1 is 0.897 bits per heavy atom. The number of hydrogen-bond acceptors (Lipinski definition) is 5. The number of unbranched alkanes of at least 4 members (excludes halogenated alkanes) is 12. The summed E-state index contributed by atoms with van der Waals surface area (Å²) in [6.07, 6.45) is 21.8. The van der Waals surface area contributed by atoms with Crippen LogP contribution in [0.1, 0.15) is 164 Å². The number of aliphatic hydroxyl groups is 1. The van der Waals surface area contributed by atoms with Crippen molar-refractivity contribution in [2.75, 3.05) is 19.7 Å². The molecule has 3 unspecified atom stereocenters. The lowest BCUT2D eigenvalue weighted by Crippen LogP contribution is -2.49. The third-order valence-corrected chi connectivity index (χ3v) is 9.14. The highest BCUT2D eigenvalue weighted by molar-refractivity contribution is 5.76. The largest absolute Gasteiger partial charge is 0.462 e. The van der Waals surface area contributed by atoms with Crippen LogP contribution in [-0.2, 0) is 9.53 Å². The van der Waals surface area contributed by atoms with Gasteiger partial charge in [0.25, 0.3) is 0 Å². The van der Waals surface area contributed by atoms with Gasteiger partial charge < -0.3 is 20.9 Å². The smallest absolute Gasteiger partial charge is 0.311 e. The summed E-state index contributed by atoms with van der Waals surface area (Å²) in [4.78, 5) is 13.3. The molecule has 0 aliphatic heterocycles. The number of nitrogens with two attached hydrogens (primary N) is 1. The number of hydrogen-bond donors (Lipinski definition) is 3. The molecule has 4 N–H and O–H groups in total. The van der Waals surface area contributed by atoms with Crippen molar-refractivity contribution in [2.24, 2.45) is 22.0 Å².